The van der Waals surface area contributed by atoms with Crippen molar-refractivity contribution in [2.75, 3.05) is 18.1 Å². The van der Waals surface area contributed by atoms with Crippen molar-refractivity contribution >= 4 is 17.6 Å². The van der Waals surface area contributed by atoms with E-state index < -0.39 is 11.9 Å². The molecule has 0 fully saturated rings. The Morgan fingerprint density at radius 1 is 1.00 bits per heavy atom. The fourth-order valence-corrected chi connectivity index (χ4v) is 3.35. The topological polar surface area (TPSA) is 77.8 Å². The highest BCUT2D eigenvalue weighted by Gasteiger charge is 2.26. The van der Waals surface area contributed by atoms with Gasteiger partial charge in [0.05, 0.1) is 12.1 Å². The van der Waals surface area contributed by atoms with Crippen LogP contribution in [0, 0.1) is 5.92 Å². The van der Waals surface area contributed by atoms with Gasteiger partial charge in [0.15, 0.2) is 0 Å². The third kappa shape index (κ3) is 3.72. The zero-order chi connectivity index (χ0) is 17.8. The second kappa shape index (κ2) is 7.49. The first kappa shape index (κ1) is 17.2. The Bertz CT molecular complexity index is 787. The number of carbonyl (C=O) groups excluding carboxylic acids is 1. The molecule has 1 aliphatic heterocycles. The van der Waals surface area contributed by atoms with Crippen molar-refractivity contribution in [3.63, 3.8) is 0 Å². The number of hydrogen-bond donors (Lipinski definition) is 2. The number of rotatable bonds is 5. The molecule has 2 N–H and O–H groups in total. The third-order valence-corrected chi connectivity index (χ3v) is 4.59. The van der Waals surface area contributed by atoms with E-state index in [1.165, 1.54) is 5.56 Å². The Hall–Kier alpha value is -2.66. The maximum absolute atomic E-state index is 12.8. The van der Waals surface area contributed by atoms with E-state index in [0.29, 0.717) is 6.54 Å². The maximum Gasteiger partial charge on any atom is 0.303 e. The SMILES string of the molecule is O=C(O)CC(CO)CC(=O)N1CCc2ccccc2-c2ccccc21. The summed E-state index contributed by atoms with van der Waals surface area (Å²) in [7, 11) is 0. The van der Waals surface area contributed by atoms with Crippen LogP contribution in [0.4, 0.5) is 5.69 Å². The molecule has 0 bridgehead atoms. The van der Waals surface area contributed by atoms with Gasteiger partial charge in [-0.05, 0) is 23.6 Å². The third-order valence-electron chi connectivity index (χ3n) is 4.59. The van der Waals surface area contributed by atoms with E-state index in [1.54, 1.807) is 4.90 Å². The van der Waals surface area contributed by atoms with Crippen molar-refractivity contribution in [2.24, 2.45) is 5.92 Å². The van der Waals surface area contributed by atoms with Crippen molar-refractivity contribution in [1.29, 1.82) is 0 Å². The fourth-order valence-electron chi connectivity index (χ4n) is 3.35. The second-order valence-electron chi connectivity index (χ2n) is 6.32. The Balaban J connectivity index is 1.91. The van der Waals surface area contributed by atoms with Gasteiger partial charge in [-0.2, -0.15) is 0 Å². The molecule has 2 aromatic rings. The van der Waals surface area contributed by atoms with E-state index in [9.17, 15) is 14.7 Å². The number of benzene rings is 2. The summed E-state index contributed by atoms with van der Waals surface area (Å²) in [6.45, 7) is 0.228. The van der Waals surface area contributed by atoms with Crippen LogP contribution in [0.1, 0.15) is 18.4 Å². The van der Waals surface area contributed by atoms with Crippen LogP contribution in [-0.4, -0.2) is 35.2 Å². The molecule has 25 heavy (non-hydrogen) atoms. The molecule has 1 aliphatic rings. The van der Waals surface area contributed by atoms with Crippen LogP contribution in [-0.2, 0) is 16.0 Å². The van der Waals surface area contributed by atoms with Crippen molar-refractivity contribution in [2.45, 2.75) is 19.3 Å². The molecule has 0 radical (unpaired) electrons. The lowest BCUT2D eigenvalue weighted by Crippen LogP contribution is -2.34. The minimum atomic E-state index is -1.00. The molecule has 1 atom stereocenters. The minimum Gasteiger partial charge on any atom is -0.481 e. The summed E-state index contributed by atoms with van der Waals surface area (Å²) in [5, 5.41) is 18.3. The van der Waals surface area contributed by atoms with Crippen molar-refractivity contribution in [1.82, 2.24) is 0 Å². The molecule has 5 nitrogen and oxygen atoms in total. The number of carbonyl (C=O) groups is 2. The lowest BCUT2D eigenvalue weighted by atomic mass is 9.98. The number of amides is 1. The van der Waals surface area contributed by atoms with Gasteiger partial charge in [0.25, 0.3) is 0 Å². The van der Waals surface area contributed by atoms with Crippen molar-refractivity contribution in [3.8, 4) is 11.1 Å². The van der Waals surface area contributed by atoms with Crippen LogP contribution in [0.15, 0.2) is 48.5 Å². The number of fused-ring (bicyclic) bond motifs is 3. The molecule has 0 aromatic heterocycles. The molecule has 1 heterocycles. The van der Waals surface area contributed by atoms with Crippen LogP contribution in [0.5, 0.6) is 0 Å². The van der Waals surface area contributed by atoms with Gasteiger partial charge in [-0.1, -0.05) is 42.5 Å². The van der Waals surface area contributed by atoms with E-state index >= 15 is 0 Å². The number of anilines is 1. The first-order valence-electron chi connectivity index (χ1n) is 8.40. The molecule has 0 saturated carbocycles. The summed E-state index contributed by atoms with van der Waals surface area (Å²) < 4.78 is 0. The van der Waals surface area contributed by atoms with Gasteiger partial charge in [-0.25, -0.2) is 0 Å². The quantitative estimate of drug-likeness (QED) is 0.878. The second-order valence-corrected chi connectivity index (χ2v) is 6.32. The van der Waals surface area contributed by atoms with E-state index in [-0.39, 0.29) is 25.4 Å². The molecule has 0 saturated heterocycles. The first-order chi connectivity index (χ1) is 12.1. The van der Waals surface area contributed by atoms with E-state index in [1.807, 2.05) is 36.4 Å². The standard InChI is InChI=1S/C20H21NO4/c22-13-14(12-20(24)25)11-19(23)21-10-9-15-5-1-2-6-16(15)17-7-3-4-8-18(17)21/h1-8,14,22H,9-13H2,(H,24,25). The smallest absolute Gasteiger partial charge is 0.303 e. The van der Waals surface area contributed by atoms with Crippen LogP contribution >= 0.6 is 0 Å². The molecule has 1 amide bonds. The number of aliphatic hydroxyl groups is 1. The largest absolute Gasteiger partial charge is 0.481 e. The highest BCUT2D eigenvalue weighted by Crippen LogP contribution is 2.36. The van der Waals surface area contributed by atoms with E-state index in [0.717, 1.165) is 23.2 Å². The minimum absolute atomic E-state index is 0.0213. The van der Waals surface area contributed by atoms with Gasteiger partial charge in [-0.3, -0.25) is 9.59 Å². The monoisotopic (exact) mass is 339 g/mol. The molecule has 2 aromatic carbocycles. The molecule has 0 spiro atoms. The fraction of sp³-hybridized carbons (Fsp3) is 0.300. The van der Waals surface area contributed by atoms with Gasteiger partial charge in [0.2, 0.25) is 5.91 Å². The molecule has 5 heteroatoms. The van der Waals surface area contributed by atoms with Crippen LogP contribution in [0.25, 0.3) is 11.1 Å². The number of nitrogens with zero attached hydrogens (tertiary/aromatic N) is 1. The summed E-state index contributed by atoms with van der Waals surface area (Å²) in [5.41, 5.74) is 4.15. The van der Waals surface area contributed by atoms with Crippen molar-refractivity contribution < 1.29 is 19.8 Å². The van der Waals surface area contributed by atoms with Gasteiger partial charge in [0, 0.05) is 31.1 Å². The maximum atomic E-state index is 12.8. The predicted octanol–water partition coefficient (Wildman–Crippen LogP) is 2.72. The Kier molecular flexibility index (Phi) is 5.14. The summed E-state index contributed by atoms with van der Waals surface area (Å²) >= 11 is 0. The summed E-state index contributed by atoms with van der Waals surface area (Å²) in [6, 6.07) is 15.9. The van der Waals surface area contributed by atoms with E-state index in [4.69, 9.17) is 5.11 Å². The van der Waals surface area contributed by atoms with Crippen molar-refractivity contribution in [3.05, 3.63) is 54.1 Å². The summed E-state index contributed by atoms with van der Waals surface area (Å²) in [4.78, 5) is 25.5. The van der Waals surface area contributed by atoms with Gasteiger partial charge in [-0.15, -0.1) is 0 Å². The molecular weight excluding hydrogens is 318 g/mol. The Morgan fingerprint density at radius 3 is 2.40 bits per heavy atom. The predicted molar refractivity (Wildman–Crippen MR) is 95.4 cm³/mol. The number of carboxylic acid groups (broad SMARTS) is 1. The highest BCUT2D eigenvalue weighted by atomic mass is 16.4. The average Bonchev–Trinajstić information content (AvgIpc) is 2.78. The number of aliphatic hydroxyl groups excluding tert-OH is 1. The van der Waals surface area contributed by atoms with Gasteiger partial charge < -0.3 is 15.1 Å². The molecular formula is C20H21NO4. The zero-order valence-corrected chi connectivity index (χ0v) is 13.9. The van der Waals surface area contributed by atoms with Crippen LogP contribution in [0.3, 0.4) is 0 Å². The molecule has 1 unspecified atom stereocenters. The zero-order valence-electron chi connectivity index (χ0n) is 13.9. The number of carboxylic acids is 1. The normalized spacial score (nSPS) is 14.2. The Labute approximate surface area is 146 Å². The first-order valence-corrected chi connectivity index (χ1v) is 8.40. The number of aliphatic carboxylic acids is 1. The molecule has 3 rings (SSSR count). The lowest BCUT2D eigenvalue weighted by molar-refractivity contribution is -0.138. The van der Waals surface area contributed by atoms with Crippen LogP contribution < -0.4 is 4.90 Å². The number of para-hydroxylation sites is 1. The summed E-state index contributed by atoms with van der Waals surface area (Å²) in [6.07, 6.45) is 0.546. The van der Waals surface area contributed by atoms with Gasteiger partial charge >= 0.3 is 5.97 Å². The average molecular weight is 339 g/mol. The van der Waals surface area contributed by atoms with Gasteiger partial charge in [0.1, 0.15) is 0 Å². The summed E-state index contributed by atoms with van der Waals surface area (Å²) in [5.74, 6) is -1.72. The highest BCUT2D eigenvalue weighted by molar-refractivity contribution is 5.99. The van der Waals surface area contributed by atoms with Crippen LogP contribution in [0.2, 0.25) is 0 Å². The van der Waals surface area contributed by atoms with E-state index in [2.05, 4.69) is 12.1 Å². The molecule has 130 valence electrons. The molecule has 0 aliphatic carbocycles. The lowest BCUT2D eigenvalue weighted by Gasteiger charge is -2.24. The number of hydrogen-bond acceptors (Lipinski definition) is 3. The Morgan fingerprint density at radius 2 is 1.68 bits per heavy atom.